The van der Waals surface area contributed by atoms with Gasteiger partial charge in [0.05, 0.1) is 18.9 Å². The first-order valence-corrected chi connectivity index (χ1v) is 12.8. The predicted molar refractivity (Wildman–Crippen MR) is 144 cm³/mol. The number of halogens is 2. The maximum atomic E-state index is 13.5. The average molecular weight is 537 g/mol. The Morgan fingerprint density at radius 1 is 1.11 bits per heavy atom. The molecule has 0 fully saturated rings. The molecule has 0 spiro atoms. The Morgan fingerprint density at radius 2 is 1.81 bits per heavy atom. The van der Waals surface area contributed by atoms with E-state index < -0.39 is 5.25 Å². The first kappa shape index (κ1) is 25.0. The number of carbonyl (C=O) groups is 2. The highest BCUT2D eigenvalue weighted by atomic mass is 35.5. The molecule has 2 heterocycles. The van der Waals surface area contributed by atoms with E-state index in [1.54, 1.807) is 60.6 Å². The van der Waals surface area contributed by atoms with Gasteiger partial charge in [0.25, 0.3) is 5.91 Å². The van der Waals surface area contributed by atoms with Crippen LogP contribution in [0.25, 0.3) is 0 Å². The van der Waals surface area contributed by atoms with Crippen LogP contribution in [0.4, 0.5) is 10.1 Å². The van der Waals surface area contributed by atoms with E-state index >= 15 is 0 Å². The number of hydrazone groups is 1. The Balaban J connectivity index is 1.33. The number of benzene rings is 3. The molecule has 2 aliphatic heterocycles. The third-order valence-electron chi connectivity index (χ3n) is 6.01. The molecule has 0 aliphatic carbocycles. The third kappa shape index (κ3) is 5.68. The van der Waals surface area contributed by atoms with Gasteiger partial charge in [-0.2, -0.15) is 10.1 Å². The van der Waals surface area contributed by atoms with E-state index in [-0.39, 0.29) is 30.1 Å². The van der Waals surface area contributed by atoms with Gasteiger partial charge in [-0.3, -0.25) is 9.59 Å². The van der Waals surface area contributed by atoms with Crippen LogP contribution in [0.2, 0.25) is 5.02 Å². The number of nitrogens with one attached hydrogen (secondary N) is 1. The number of carbonyl (C=O) groups excluding carboxylic acids is 2. The van der Waals surface area contributed by atoms with Gasteiger partial charge in [-0.1, -0.05) is 47.6 Å². The van der Waals surface area contributed by atoms with Crippen molar-refractivity contribution >= 4 is 51.7 Å². The largest absolute Gasteiger partial charge is 0.497 e. The van der Waals surface area contributed by atoms with Crippen LogP contribution in [0.1, 0.15) is 30.0 Å². The molecule has 5 rings (SSSR count). The summed E-state index contributed by atoms with van der Waals surface area (Å²) in [5, 5.41) is 9.65. The molecule has 3 aromatic carbocycles. The molecule has 2 aliphatic rings. The zero-order chi connectivity index (χ0) is 25.9. The van der Waals surface area contributed by atoms with Crippen molar-refractivity contribution in [2.45, 2.75) is 24.1 Å². The van der Waals surface area contributed by atoms with E-state index in [4.69, 9.17) is 21.4 Å². The van der Waals surface area contributed by atoms with Gasteiger partial charge in [0.15, 0.2) is 5.17 Å². The number of hydrogen-bond donors (Lipinski definition) is 1. The summed E-state index contributed by atoms with van der Waals surface area (Å²) in [6, 6.07) is 20.3. The van der Waals surface area contributed by atoms with Crippen LogP contribution in [-0.2, 0) is 9.59 Å². The minimum absolute atomic E-state index is 0.0312. The summed E-state index contributed by atoms with van der Waals surface area (Å²) in [7, 11) is 1.57. The van der Waals surface area contributed by atoms with Gasteiger partial charge < -0.3 is 10.1 Å². The van der Waals surface area contributed by atoms with Crippen molar-refractivity contribution in [3.8, 4) is 5.75 Å². The first-order valence-electron chi connectivity index (χ1n) is 11.5. The first-order chi connectivity index (χ1) is 17.9. The van der Waals surface area contributed by atoms with E-state index in [9.17, 15) is 14.0 Å². The fourth-order valence-electron chi connectivity index (χ4n) is 4.11. The predicted octanol–water partition coefficient (Wildman–Crippen LogP) is 5.67. The van der Waals surface area contributed by atoms with Crippen molar-refractivity contribution in [3.05, 3.63) is 94.8 Å². The number of nitrogens with zero attached hydrogens (tertiary/aromatic N) is 3. The second-order valence-corrected chi connectivity index (χ2v) is 10.1. The van der Waals surface area contributed by atoms with Crippen LogP contribution in [0.5, 0.6) is 5.75 Å². The Bertz CT molecular complexity index is 1380. The normalized spacial score (nSPS) is 19.0. The minimum atomic E-state index is -0.663. The highest BCUT2D eigenvalue weighted by Gasteiger charge is 2.39. The van der Waals surface area contributed by atoms with Gasteiger partial charge in [-0.25, -0.2) is 9.40 Å². The maximum Gasteiger partial charge on any atom is 0.262 e. The van der Waals surface area contributed by atoms with Crippen LogP contribution in [-0.4, -0.2) is 40.1 Å². The van der Waals surface area contributed by atoms with E-state index in [0.717, 1.165) is 16.8 Å². The molecule has 0 unspecified atom stereocenters. The number of hydrogen-bond acceptors (Lipinski definition) is 6. The van der Waals surface area contributed by atoms with Gasteiger partial charge in [0.1, 0.15) is 16.8 Å². The maximum absolute atomic E-state index is 13.5. The van der Waals surface area contributed by atoms with Crippen molar-refractivity contribution in [2.24, 2.45) is 10.1 Å². The summed E-state index contributed by atoms with van der Waals surface area (Å²) in [4.78, 5) is 29.6. The minimum Gasteiger partial charge on any atom is -0.497 e. The number of methoxy groups -OCH3 is 1. The molecule has 2 amide bonds. The van der Waals surface area contributed by atoms with Crippen LogP contribution in [0.3, 0.4) is 0 Å². The Labute approximate surface area is 222 Å². The number of rotatable bonds is 6. The number of ether oxygens (including phenoxy) is 1. The molecule has 7 nitrogen and oxygen atoms in total. The van der Waals surface area contributed by atoms with E-state index in [2.05, 4.69) is 10.3 Å². The molecular formula is C27H22ClFN4O3S. The van der Waals surface area contributed by atoms with Crippen molar-refractivity contribution < 1.29 is 18.7 Å². The summed E-state index contributed by atoms with van der Waals surface area (Å²) >= 11 is 7.30. The summed E-state index contributed by atoms with van der Waals surface area (Å²) in [5.41, 5.74) is 3.09. The topological polar surface area (TPSA) is 83.4 Å². The lowest BCUT2D eigenvalue weighted by Crippen LogP contribution is -2.25. The molecule has 0 radical (unpaired) electrons. The lowest BCUT2D eigenvalue weighted by atomic mass is 9.99. The molecule has 0 saturated carbocycles. The van der Waals surface area contributed by atoms with Gasteiger partial charge in [-0.15, -0.1) is 0 Å². The fourth-order valence-corrected chi connectivity index (χ4v) is 5.29. The van der Waals surface area contributed by atoms with Crippen molar-refractivity contribution in [2.75, 3.05) is 12.4 Å². The lowest BCUT2D eigenvalue weighted by Gasteiger charge is -2.23. The van der Waals surface area contributed by atoms with Crippen LogP contribution >= 0.6 is 23.4 Å². The highest BCUT2D eigenvalue weighted by Crippen LogP contribution is 2.39. The van der Waals surface area contributed by atoms with Crippen molar-refractivity contribution in [3.63, 3.8) is 0 Å². The molecule has 1 N–H and O–H groups in total. The molecule has 0 bridgehead atoms. The number of thioether (sulfide) groups is 1. The molecule has 37 heavy (non-hydrogen) atoms. The van der Waals surface area contributed by atoms with E-state index in [1.807, 2.05) is 12.1 Å². The van der Waals surface area contributed by atoms with Gasteiger partial charge in [-0.05, 0) is 59.7 Å². The number of amidine groups is 1. The van der Waals surface area contributed by atoms with Gasteiger partial charge in [0.2, 0.25) is 5.91 Å². The molecule has 10 heteroatoms. The lowest BCUT2D eigenvalue weighted by molar-refractivity contribution is -0.121. The zero-order valence-corrected chi connectivity index (χ0v) is 21.3. The quantitative estimate of drug-likeness (QED) is 0.439. The zero-order valence-electron chi connectivity index (χ0n) is 19.7. The molecule has 0 aromatic heterocycles. The van der Waals surface area contributed by atoms with Crippen LogP contribution < -0.4 is 10.1 Å². The summed E-state index contributed by atoms with van der Waals surface area (Å²) in [5.74, 6) is -0.326. The fraction of sp³-hybridized carbons (Fsp3) is 0.185. The van der Waals surface area contributed by atoms with E-state index in [1.165, 1.54) is 23.9 Å². The van der Waals surface area contributed by atoms with Crippen molar-refractivity contribution in [1.29, 1.82) is 0 Å². The Kier molecular flexibility index (Phi) is 7.25. The van der Waals surface area contributed by atoms with Gasteiger partial charge >= 0.3 is 0 Å². The second kappa shape index (κ2) is 10.7. The van der Waals surface area contributed by atoms with E-state index in [0.29, 0.717) is 28.0 Å². The number of anilines is 1. The summed E-state index contributed by atoms with van der Waals surface area (Å²) in [6.45, 7) is 0. The van der Waals surface area contributed by atoms with Crippen LogP contribution in [0.15, 0.2) is 82.9 Å². The number of amides is 2. The average Bonchev–Trinajstić information content (AvgIpc) is 3.49. The van der Waals surface area contributed by atoms with Crippen LogP contribution in [0, 0.1) is 5.82 Å². The van der Waals surface area contributed by atoms with Gasteiger partial charge in [0, 0.05) is 23.6 Å². The smallest absolute Gasteiger partial charge is 0.262 e. The molecule has 0 saturated heterocycles. The monoisotopic (exact) mass is 536 g/mol. The number of aliphatic imine (C=N–C) groups is 1. The van der Waals surface area contributed by atoms with Crippen molar-refractivity contribution in [1.82, 2.24) is 5.01 Å². The summed E-state index contributed by atoms with van der Waals surface area (Å²) < 4.78 is 18.6. The molecule has 3 aromatic rings. The third-order valence-corrected chi connectivity index (χ3v) is 7.41. The standard InChI is InChI=1S/C27H22ClFN4O3S/c1-36-21-12-10-20(11-13-21)30-25(34)15-24-26(35)31-27(37-24)33-23(17-2-6-18(28)7-3-17)14-22(32-33)16-4-8-19(29)9-5-16/h2-13,23-24H,14-15H2,1H3,(H,30,34)/t23-,24-/m0/s1. The summed E-state index contributed by atoms with van der Waals surface area (Å²) in [6.07, 6.45) is 0.500. The Hall–Kier alpha value is -3.69. The SMILES string of the molecule is COc1ccc(NC(=O)C[C@@H]2SC(N3N=C(c4ccc(F)cc4)C[C@H]3c3ccc(Cl)cc3)=NC2=O)cc1. The second-order valence-electron chi connectivity index (χ2n) is 8.49. The molecule has 188 valence electrons. The molecule has 2 atom stereocenters. The highest BCUT2D eigenvalue weighted by molar-refractivity contribution is 8.15. The molecular weight excluding hydrogens is 515 g/mol. The Morgan fingerprint density at radius 3 is 2.49 bits per heavy atom.